The van der Waals surface area contributed by atoms with Crippen LogP contribution in [-0.4, -0.2) is 30.9 Å². The maximum atomic E-state index is 11.5. The third-order valence-corrected chi connectivity index (χ3v) is 3.29. The van der Waals surface area contributed by atoms with Crippen molar-refractivity contribution in [1.29, 1.82) is 0 Å². The zero-order valence-electron chi connectivity index (χ0n) is 12.6. The number of ether oxygens (including phenoxy) is 1. The summed E-state index contributed by atoms with van der Waals surface area (Å²) in [6.07, 6.45) is 0. The normalized spacial score (nSPS) is 10.6. The smallest absolute Gasteiger partial charge is 0.163 e. The van der Waals surface area contributed by atoms with Gasteiger partial charge in [-0.1, -0.05) is 42.5 Å². The van der Waals surface area contributed by atoms with Crippen LogP contribution in [0.4, 0.5) is 0 Å². The van der Waals surface area contributed by atoms with Gasteiger partial charge in [0.1, 0.15) is 12.4 Å². The summed E-state index contributed by atoms with van der Waals surface area (Å²) in [6, 6.07) is 17.7. The number of hydrogen-bond donors (Lipinski definition) is 0. The standard InChI is InChI=1S/C18H21NO2/c1-15(20)17-10-6-7-11-18(17)21-13-12-19(2)14-16-8-4-3-5-9-16/h3-11H,12-14H2,1-2H3. The van der Waals surface area contributed by atoms with E-state index < -0.39 is 0 Å². The quantitative estimate of drug-likeness (QED) is 0.729. The molecule has 0 atom stereocenters. The molecule has 0 aliphatic rings. The molecule has 0 aliphatic heterocycles. The summed E-state index contributed by atoms with van der Waals surface area (Å²) in [5, 5.41) is 0. The average molecular weight is 283 g/mol. The Morgan fingerprint density at radius 1 is 1.05 bits per heavy atom. The maximum absolute atomic E-state index is 11.5. The molecule has 0 saturated heterocycles. The Bertz CT molecular complexity index is 581. The van der Waals surface area contributed by atoms with E-state index in [1.165, 1.54) is 5.56 Å². The third kappa shape index (κ3) is 4.72. The van der Waals surface area contributed by atoms with Crippen molar-refractivity contribution in [1.82, 2.24) is 4.90 Å². The van der Waals surface area contributed by atoms with Gasteiger partial charge in [-0.2, -0.15) is 0 Å². The van der Waals surface area contributed by atoms with E-state index in [9.17, 15) is 4.79 Å². The Morgan fingerprint density at radius 2 is 1.71 bits per heavy atom. The number of carbonyl (C=O) groups is 1. The van der Waals surface area contributed by atoms with Gasteiger partial charge in [-0.05, 0) is 31.7 Å². The van der Waals surface area contributed by atoms with Crippen LogP contribution in [0.2, 0.25) is 0 Å². The van der Waals surface area contributed by atoms with Gasteiger partial charge in [0.05, 0.1) is 5.56 Å². The van der Waals surface area contributed by atoms with E-state index in [0.717, 1.165) is 13.1 Å². The number of likely N-dealkylation sites (N-methyl/N-ethyl adjacent to an activating group) is 1. The van der Waals surface area contributed by atoms with Crippen LogP contribution in [0.25, 0.3) is 0 Å². The van der Waals surface area contributed by atoms with Crippen LogP contribution < -0.4 is 4.74 Å². The molecule has 0 unspecified atom stereocenters. The molecule has 3 nitrogen and oxygen atoms in total. The van der Waals surface area contributed by atoms with E-state index in [1.807, 2.05) is 36.4 Å². The van der Waals surface area contributed by atoms with Crippen LogP contribution in [0.15, 0.2) is 54.6 Å². The van der Waals surface area contributed by atoms with Gasteiger partial charge in [0.25, 0.3) is 0 Å². The van der Waals surface area contributed by atoms with E-state index in [2.05, 4.69) is 24.1 Å². The van der Waals surface area contributed by atoms with Gasteiger partial charge in [0.2, 0.25) is 0 Å². The molecule has 0 bridgehead atoms. The largest absolute Gasteiger partial charge is 0.491 e. The highest BCUT2D eigenvalue weighted by molar-refractivity contribution is 5.96. The first kappa shape index (κ1) is 15.3. The lowest BCUT2D eigenvalue weighted by Crippen LogP contribution is -2.24. The second kappa shape index (κ2) is 7.60. The topological polar surface area (TPSA) is 29.5 Å². The minimum Gasteiger partial charge on any atom is -0.491 e. The minimum absolute atomic E-state index is 0.0308. The molecule has 0 aliphatic carbocycles. The van der Waals surface area contributed by atoms with E-state index in [4.69, 9.17) is 4.74 Å². The molecule has 0 radical (unpaired) electrons. The van der Waals surface area contributed by atoms with Gasteiger partial charge in [-0.25, -0.2) is 0 Å². The summed E-state index contributed by atoms with van der Waals surface area (Å²) in [7, 11) is 2.06. The third-order valence-electron chi connectivity index (χ3n) is 3.29. The number of carbonyl (C=O) groups excluding carboxylic acids is 1. The van der Waals surface area contributed by atoms with Crippen LogP contribution in [0.3, 0.4) is 0 Å². The number of benzene rings is 2. The van der Waals surface area contributed by atoms with Gasteiger partial charge in [-0.15, -0.1) is 0 Å². The molecule has 2 rings (SSSR count). The molecule has 110 valence electrons. The lowest BCUT2D eigenvalue weighted by Gasteiger charge is -2.17. The molecule has 0 saturated carbocycles. The van der Waals surface area contributed by atoms with E-state index in [1.54, 1.807) is 13.0 Å². The number of rotatable bonds is 7. The van der Waals surface area contributed by atoms with Crippen LogP contribution in [0.1, 0.15) is 22.8 Å². The van der Waals surface area contributed by atoms with Crippen molar-refractivity contribution in [2.24, 2.45) is 0 Å². The number of nitrogens with zero attached hydrogens (tertiary/aromatic N) is 1. The molecule has 21 heavy (non-hydrogen) atoms. The Kier molecular flexibility index (Phi) is 5.52. The van der Waals surface area contributed by atoms with Gasteiger partial charge < -0.3 is 4.74 Å². The fourth-order valence-electron chi connectivity index (χ4n) is 2.17. The zero-order valence-corrected chi connectivity index (χ0v) is 12.6. The summed E-state index contributed by atoms with van der Waals surface area (Å²) in [6.45, 7) is 3.82. The van der Waals surface area contributed by atoms with Crippen LogP contribution in [-0.2, 0) is 6.54 Å². The van der Waals surface area contributed by atoms with E-state index >= 15 is 0 Å². The Hall–Kier alpha value is -2.13. The fourth-order valence-corrected chi connectivity index (χ4v) is 2.17. The molecule has 3 heteroatoms. The van der Waals surface area contributed by atoms with Crippen molar-refractivity contribution >= 4 is 5.78 Å². The summed E-state index contributed by atoms with van der Waals surface area (Å²) in [5.74, 6) is 0.696. The molecule has 0 aromatic heterocycles. The van der Waals surface area contributed by atoms with Crippen LogP contribution in [0, 0.1) is 0 Å². The summed E-state index contributed by atoms with van der Waals surface area (Å²) < 4.78 is 5.74. The van der Waals surface area contributed by atoms with Crippen LogP contribution >= 0.6 is 0 Å². The number of para-hydroxylation sites is 1. The summed E-state index contributed by atoms with van der Waals surface area (Å²) >= 11 is 0. The minimum atomic E-state index is 0.0308. The maximum Gasteiger partial charge on any atom is 0.163 e. The van der Waals surface area contributed by atoms with Crippen LogP contribution in [0.5, 0.6) is 5.75 Å². The first-order valence-corrected chi connectivity index (χ1v) is 7.12. The lowest BCUT2D eigenvalue weighted by molar-refractivity contribution is 0.101. The first-order valence-electron chi connectivity index (χ1n) is 7.12. The van der Waals surface area contributed by atoms with Crippen molar-refractivity contribution < 1.29 is 9.53 Å². The highest BCUT2D eigenvalue weighted by Crippen LogP contribution is 2.18. The Labute approximate surface area is 126 Å². The highest BCUT2D eigenvalue weighted by atomic mass is 16.5. The first-order chi connectivity index (χ1) is 10.2. The average Bonchev–Trinajstić information content (AvgIpc) is 2.48. The molecular weight excluding hydrogens is 262 g/mol. The predicted molar refractivity (Wildman–Crippen MR) is 84.7 cm³/mol. The van der Waals surface area contributed by atoms with E-state index in [-0.39, 0.29) is 5.78 Å². The number of hydrogen-bond acceptors (Lipinski definition) is 3. The van der Waals surface area contributed by atoms with Crippen molar-refractivity contribution in [2.75, 3.05) is 20.2 Å². The van der Waals surface area contributed by atoms with Gasteiger partial charge in [0, 0.05) is 13.1 Å². The van der Waals surface area contributed by atoms with Crippen molar-refractivity contribution in [3.8, 4) is 5.75 Å². The molecule has 0 amide bonds. The Balaban J connectivity index is 1.83. The van der Waals surface area contributed by atoms with Crippen molar-refractivity contribution in [3.63, 3.8) is 0 Å². The fraction of sp³-hybridized carbons (Fsp3) is 0.278. The summed E-state index contributed by atoms with van der Waals surface area (Å²) in [4.78, 5) is 13.7. The van der Waals surface area contributed by atoms with Crippen molar-refractivity contribution in [3.05, 3.63) is 65.7 Å². The van der Waals surface area contributed by atoms with Gasteiger partial charge >= 0.3 is 0 Å². The molecule has 2 aromatic rings. The number of Topliss-reactive ketones (excluding diaryl/α,β-unsaturated/α-hetero) is 1. The van der Waals surface area contributed by atoms with Crippen molar-refractivity contribution in [2.45, 2.75) is 13.5 Å². The predicted octanol–water partition coefficient (Wildman–Crippen LogP) is 3.40. The Morgan fingerprint density at radius 3 is 2.43 bits per heavy atom. The zero-order chi connectivity index (χ0) is 15.1. The second-order valence-corrected chi connectivity index (χ2v) is 5.12. The lowest BCUT2D eigenvalue weighted by atomic mass is 10.1. The highest BCUT2D eigenvalue weighted by Gasteiger charge is 2.07. The van der Waals surface area contributed by atoms with E-state index in [0.29, 0.717) is 17.9 Å². The molecule has 0 heterocycles. The molecule has 0 spiro atoms. The molecular formula is C18H21NO2. The monoisotopic (exact) mass is 283 g/mol. The SMILES string of the molecule is CC(=O)c1ccccc1OCCN(C)Cc1ccccc1. The molecule has 2 aromatic carbocycles. The second-order valence-electron chi connectivity index (χ2n) is 5.12. The van der Waals surface area contributed by atoms with Gasteiger partial charge in [-0.3, -0.25) is 9.69 Å². The molecule has 0 N–H and O–H groups in total. The van der Waals surface area contributed by atoms with Gasteiger partial charge in [0.15, 0.2) is 5.78 Å². The summed E-state index contributed by atoms with van der Waals surface area (Å²) in [5.41, 5.74) is 1.92. The number of ketones is 1. The molecule has 0 fully saturated rings.